The Balaban J connectivity index is 1.57. The first kappa shape index (κ1) is 24.1. The number of hydrogen-bond donors (Lipinski definition) is 0. The fourth-order valence-corrected chi connectivity index (χ4v) is 4.88. The van der Waals surface area contributed by atoms with E-state index >= 15 is 0 Å². The van der Waals surface area contributed by atoms with Crippen molar-refractivity contribution in [3.8, 4) is 33.4 Å². The SMILES string of the molecule is CC(=O)SCc1cc(CSC(C)=O)cc(-c2ccc(-c3ccc(-c4ccccc4)cc3)cc2)c1. The first-order valence-electron chi connectivity index (χ1n) is 11.1. The average Bonchev–Trinajstić information content (AvgIpc) is 2.87. The quantitative estimate of drug-likeness (QED) is 0.266. The van der Waals surface area contributed by atoms with Gasteiger partial charge in [0.1, 0.15) is 0 Å². The Morgan fingerprint density at radius 1 is 0.500 bits per heavy atom. The molecule has 0 saturated carbocycles. The minimum Gasteiger partial charge on any atom is -0.288 e. The second kappa shape index (κ2) is 11.4. The van der Waals surface area contributed by atoms with Crippen LogP contribution in [0.15, 0.2) is 97.1 Å². The van der Waals surface area contributed by atoms with Gasteiger partial charge < -0.3 is 0 Å². The molecular formula is C30H26O2S2. The molecule has 4 heteroatoms. The first-order valence-corrected chi connectivity index (χ1v) is 13.1. The molecular weight excluding hydrogens is 456 g/mol. The molecule has 0 radical (unpaired) electrons. The molecule has 0 unspecified atom stereocenters. The minimum absolute atomic E-state index is 0.104. The van der Waals surface area contributed by atoms with Crippen molar-refractivity contribution in [1.82, 2.24) is 0 Å². The summed E-state index contributed by atoms with van der Waals surface area (Å²) in [5.41, 5.74) is 9.17. The van der Waals surface area contributed by atoms with Crippen molar-refractivity contribution in [3.05, 3.63) is 108 Å². The number of rotatable bonds is 7. The lowest BCUT2D eigenvalue weighted by atomic mass is 9.97. The lowest BCUT2D eigenvalue weighted by Crippen LogP contribution is -1.93. The van der Waals surface area contributed by atoms with Crippen LogP contribution in [-0.4, -0.2) is 10.2 Å². The van der Waals surface area contributed by atoms with Crippen LogP contribution < -0.4 is 0 Å². The van der Waals surface area contributed by atoms with Crippen LogP contribution >= 0.6 is 23.5 Å². The summed E-state index contributed by atoms with van der Waals surface area (Å²) < 4.78 is 0. The highest BCUT2D eigenvalue weighted by atomic mass is 32.2. The van der Waals surface area contributed by atoms with E-state index in [9.17, 15) is 9.59 Å². The average molecular weight is 483 g/mol. The van der Waals surface area contributed by atoms with E-state index in [0.29, 0.717) is 11.5 Å². The van der Waals surface area contributed by atoms with E-state index in [1.807, 2.05) is 6.07 Å². The van der Waals surface area contributed by atoms with Crippen molar-refractivity contribution in [1.29, 1.82) is 0 Å². The molecule has 0 heterocycles. The van der Waals surface area contributed by atoms with Gasteiger partial charge >= 0.3 is 0 Å². The van der Waals surface area contributed by atoms with Crippen LogP contribution in [0.2, 0.25) is 0 Å². The Morgan fingerprint density at radius 3 is 1.24 bits per heavy atom. The van der Waals surface area contributed by atoms with Gasteiger partial charge in [0.2, 0.25) is 0 Å². The minimum atomic E-state index is 0.104. The van der Waals surface area contributed by atoms with Gasteiger partial charge in [0.15, 0.2) is 10.2 Å². The molecule has 0 bridgehead atoms. The Hall–Kier alpha value is -3.08. The summed E-state index contributed by atoms with van der Waals surface area (Å²) in [7, 11) is 0. The normalized spacial score (nSPS) is 10.8. The van der Waals surface area contributed by atoms with E-state index in [0.717, 1.165) is 22.3 Å². The molecule has 4 aromatic rings. The van der Waals surface area contributed by atoms with Gasteiger partial charge in [0.25, 0.3) is 0 Å². The van der Waals surface area contributed by atoms with E-state index < -0.39 is 0 Å². The van der Waals surface area contributed by atoms with Crippen molar-refractivity contribution in [2.75, 3.05) is 0 Å². The van der Waals surface area contributed by atoms with Crippen LogP contribution in [0.5, 0.6) is 0 Å². The largest absolute Gasteiger partial charge is 0.288 e. The third-order valence-electron chi connectivity index (χ3n) is 5.48. The summed E-state index contributed by atoms with van der Waals surface area (Å²) in [5.74, 6) is 1.26. The van der Waals surface area contributed by atoms with Crippen LogP contribution in [0.4, 0.5) is 0 Å². The maximum Gasteiger partial charge on any atom is 0.186 e. The molecule has 0 aliphatic heterocycles. The van der Waals surface area contributed by atoms with Gasteiger partial charge in [-0.25, -0.2) is 0 Å². The predicted molar refractivity (Wildman–Crippen MR) is 147 cm³/mol. The molecule has 0 spiro atoms. The van der Waals surface area contributed by atoms with E-state index in [-0.39, 0.29) is 10.2 Å². The van der Waals surface area contributed by atoms with E-state index in [1.165, 1.54) is 45.8 Å². The topological polar surface area (TPSA) is 34.1 Å². The summed E-state index contributed by atoms with van der Waals surface area (Å²) in [6, 6.07) is 34.0. The van der Waals surface area contributed by atoms with Gasteiger partial charge in [0.05, 0.1) is 0 Å². The third-order valence-corrected chi connectivity index (χ3v) is 7.25. The zero-order valence-electron chi connectivity index (χ0n) is 19.3. The summed E-state index contributed by atoms with van der Waals surface area (Å²) in [4.78, 5) is 22.9. The molecule has 0 amide bonds. The van der Waals surface area contributed by atoms with Crippen molar-refractivity contribution in [3.63, 3.8) is 0 Å². The smallest absolute Gasteiger partial charge is 0.186 e. The van der Waals surface area contributed by atoms with Crippen LogP contribution in [-0.2, 0) is 21.1 Å². The zero-order chi connectivity index (χ0) is 23.9. The Bertz CT molecular complexity index is 1240. The van der Waals surface area contributed by atoms with Gasteiger partial charge in [-0.3, -0.25) is 9.59 Å². The summed E-state index contributed by atoms with van der Waals surface area (Å²) in [5, 5.41) is 0.209. The molecule has 0 atom stereocenters. The number of hydrogen-bond acceptors (Lipinski definition) is 4. The van der Waals surface area contributed by atoms with E-state index in [1.54, 1.807) is 13.8 Å². The molecule has 0 aliphatic carbocycles. The molecule has 0 aliphatic rings. The van der Waals surface area contributed by atoms with Crippen LogP contribution in [0.3, 0.4) is 0 Å². The molecule has 4 aromatic carbocycles. The Kier molecular flexibility index (Phi) is 8.04. The number of thioether (sulfide) groups is 2. The fraction of sp³-hybridized carbons (Fsp3) is 0.133. The number of carbonyl (C=O) groups is 2. The maximum absolute atomic E-state index is 11.5. The molecule has 170 valence electrons. The predicted octanol–water partition coefficient (Wildman–Crippen LogP) is 8.25. The molecule has 0 saturated heterocycles. The van der Waals surface area contributed by atoms with E-state index in [2.05, 4.69) is 91.0 Å². The van der Waals surface area contributed by atoms with Crippen molar-refractivity contribution < 1.29 is 9.59 Å². The van der Waals surface area contributed by atoms with Crippen molar-refractivity contribution in [2.45, 2.75) is 25.4 Å². The van der Waals surface area contributed by atoms with Gasteiger partial charge in [-0.2, -0.15) is 0 Å². The monoisotopic (exact) mass is 482 g/mol. The molecule has 0 N–H and O–H groups in total. The second-order valence-corrected chi connectivity index (χ2v) is 10.4. The first-order chi connectivity index (χ1) is 16.5. The van der Waals surface area contributed by atoms with Gasteiger partial charge in [-0.15, -0.1) is 0 Å². The summed E-state index contributed by atoms with van der Waals surface area (Å²) in [6.45, 7) is 3.18. The number of carbonyl (C=O) groups excluding carboxylic acids is 2. The molecule has 0 aromatic heterocycles. The van der Waals surface area contributed by atoms with Crippen molar-refractivity contribution >= 4 is 33.8 Å². The molecule has 4 rings (SSSR count). The van der Waals surface area contributed by atoms with Crippen LogP contribution in [0, 0.1) is 0 Å². The van der Waals surface area contributed by atoms with Crippen molar-refractivity contribution in [2.24, 2.45) is 0 Å². The standard InChI is InChI=1S/C30H26O2S2/c1-21(31)33-19-23-16-24(20-34-22(2)32)18-30(17-23)29-14-12-28(13-15-29)27-10-8-26(9-11-27)25-6-4-3-5-7-25/h3-18H,19-20H2,1-2H3. The fourth-order valence-electron chi connectivity index (χ4n) is 3.81. The lowest BCUT2D eigenvalue weighted by Gasteiger charge is -2.11. The summed E-state index contributed by atoms with van der Waals surface area (Å²) in [6.07, 6.45) is 0. The van der Waals surface area contributed by atoms with Crippen LogP contribution in [0.1, 0.15) is 25.0 Å². The highest BCUT2D eigenvalue weighted by Gasteiger charge is 2.08. The third kappa shape index (κ3) is 6.49. The van der Waals surface area contributed by atoms with E-state index in [4.69, 9.17) is 0 Å². The zero-order valence-corrected chi connectivity index (χ0v) is 20.9. The number of benzene rings is 4. The lowest BCUT2D eigenvalue weighted by molar-refractivity contribution is -0.109. The Labute approximate surface area is 209 Å². The van der Waals surface area contributed by atoms with Gasteiger partial charge in [-0.05, 0) is 44.5 Å². The highest BCUT2D eigenvalue weighted by Crippen LogP contribution is 2.30. The molecule has 2 nitrogen and oxygen atoms in total. The highest BCUT2D eigenvalue weighted by molar-refractivity contribution is 8.13. The van der Waals surface area contributed by atoms with Crippen LogP contribution in [0.25, 0.3) is 33.4 Å². The maximum atomic E-state index is 11.5. The van der Waals surface area contributed by atoms with Gasteiger partial charge in [0, 0.05) is 25.4 Å². The van der Waals surface area contributed by atoms with Gasteiger partial charge in [-0.1, -0.05) is 121 Å². The second-order valence-electron chi connectivity index (χ2n) is 8.12. The molecule has 0 fully saturated rings. The Morgan fingerprint density at radius 2 is 0.853 bits per heavy atom. The summed E-state index contributed by atoms with van der Waals surface area (Å²) >= 11 is 2.62. The molecule has 34 heavy (non-hydrogen) atoms.